The molecule has 0 fully saturated rings. The molecule has 98 valence electrons. The lowest BCUT2D eigenvalue weighted by molar-refractivity contribution is 0.0692. The molecule has 1 heterocycles. The van der Waals surface area contributed by atoms with Gasteiger partial charge in [-0.3, -0.25) is 0 Å². The third-order valence-corrected chi connectivity index (χ3v) is 2.79. The van der Waals surface area contributed by atoms with Crippen LogP contribution in [0.5, 0.6) is 5.88 Å². The maximum atomic E-state index is 13.3. The molecule has 5 heteroatoms. The zero-order valence-corrected chi connectivity index (χ0v) is 10.5. The van der Waals surface area contributed by atoms with Crippen molar-refractivity contribution in [3.63, 3.8) is 0 Å². The van der Waals surface area contributed by atoms with Crippen molar-refractivity contribution in [2.75, 3.05) is 7.11 Å². The van der Waals surface area contributed by atoms with Crippen LogP contribution in [0.15, 0.2) is 30.5 Å². The number of carbonyl (C=O) groups is 1. The topological polar surface area (TPSA) is 59.4 Å². The number of carboxylic acid groups (broad SMARTS) is 1. The molecular formula is C14H12FNO3. The van der Waals surface area contributed by atoms with E-state index in [4.69, 9.17) is 9.84 Å². The minimum atomic E-state index is -1.14. The van der Waals surface area contributed by atoms with Crippen LogP contribution in [0, 0.1) is 12.7 Å². The molecule has 0 unspecified atom stereocenters. The Morgan fingerprint density at radius 1 is 1.37 bits per heavy atom. The first-order chi connectivity index (χ1) is 9.02. The van der Waals surface area contributed by atoms with E-state index < -0.39 is 5.97 Å². The Labute approximate surface area is 109 Å². The second-order valence-electron chi connectivity index (χ2n) is 4.05. The van der Waals surface area contributed by atoms with Gasteiger partial charge in [0.1, 0.15) is 11.4 Å². The summed E-state index contributed by atoms with van der Waals surface area (Å²) in [6.07, 6.45) is 1.47. The number of aromatic nitrogens is 1. The van der Waals surface area contributed by atoms with E-state index in [1.54, 1.807) is 6.07 Å². The first kappa shape index (κ1) is 13.0. The molecule has 4 nitrogen and oxygen atoms in total. The van der Waals surface area contributed by atoms with Crippen LogP contribution in [0.3, 0.4) is 0 Å². The van der Waals surface area contributed by atoms with E-state index in [0.29, 0.717) is 11.1 Å². The van der Waals surface area contributed by atoms with Gasteiger partial charge in [0, 0.05) is 11.8 Å². The average Bonchev–Trinajstić information content (AvgIpc) is 2.40. The third kappa shape index (κ3) is 2.54. The minimum absolute atomic E-state index is 0.0327. The summed E-state index contributed by atoms with van der Waals surface area (Å²) in [5.74, 6) is -1.49. The summed E-state index contributed by atoms with van der Waals surface area (Å²) in [7, 11) is 1.35. The van der Waals surface area contributed by atoms with Crippen molar-refractivity contribution in [2.45, 2.75) is 6.92 Å². The molecule has 0 saturated carbocycles. The maximum Gasteiger partial charge on any atom is 0.341 e. The van der Waals surface area contributed by atoms with Crippen molar-refractivity contribution in [1.82, 2.24) is 4.98 Å². The summed E-state index contributed by atoms with van der Waals surface area (Å²) in [6, 6.07) is 5.77. The molecule has 0 radical (unpaired) electrons. The van der Waals surface area contributed by atoms with Crippen LogP contribution in [0.25, 0.3) is 11.1 Å². The number of ether oxygens (including phenoxy) is 1. The molecule has 0 aliphatic heterocycles. The Balaban J connectivity index is 2.60. The van der Waals surface area contributed by atoms with Crippen molar-refractivity contribution in [3.8, 4) is 17.0 Å². The minimum Gasteiger partial charge on any atom is -0.480 e. The summed E-state index contributed by atoms with van der Waals surface area (Å²) >= 11 is 0. The molecule has 1 aromatic heterocycles. The van der Waals surface area contributed by atoms with Gasteiger partial charge in [-0.15, -0.1) is 0 Å². The summed E-state index contributed by atoms with van der Waals surface area (Å²) < 4.78 is 18.2. The summed E-state index contributed by atoms with van der Waals surface area (Å²) in [5, 5.41) is 9.10. The molecule has 0 spiro atoms. The molecule has 0 atom stereocenters. The van der Waals surface area contributed by atoms with Gasteiger partial charge in [0.25, 0.3) is 0 Å². The number of pyridine rings is 1. The van der Waals surface area contributed by atoms with Crippen LogP contribution in [0.4, 0.5) is 4.39 Å². The highest BCUT2D eigenvalue weighted by Crippen LogP contribution is 2.27. The van der Waals surface area contributed by atoms with E-state index in [1.807, 2.05) is 6.92 Å². The fourth-order valence-corrected chi connectivity index (χ4v) is 1.82. The predicted molar refractivity (Wildman–Crippen MR) is 67.9 cm³/mol. The number of halogens is 1. The molecule has 19 heavy (non-hydrogen) atoms. The van der Waals surface area contributed by atoms with Gasteiger partial charge >= 0.3 is 5.97 Å². The average molecular weight is 261 g/mol. The number of aryl methyl sites for hydroxylation is 1. The molecule has 0 amide bonds. The van der Waals surface area contributed by atoms with E-state index in [9.17, 15) is 9.18 Å². The van der Waals surface area contributed by atoms with Crippen LogP contribution < -0.4 is 4.74 Å². The van der Waals surface area contributed by atoms with Crippen molar-refractivity contribution in [1.29, 1.82) is 0 Å². The van der Waals surface area contributed by atoms with Gasteiger partial charge in [-0.1, -0.05) is 6.07 Å². The van der Waals surface area contributed by atoms with Gasteiger partial charge in [0.15, 0.2) is 0 Å². The lowest BCUT2D eigenvalue weighted by Gasteiger charge is -2.09. The molecule has 0 saturated heterocycles. The number of hydrogen-bond donors (Lipinski definition) is 1. The van der Waals surface area contributed by atoms with Crippen molar-refractivity contribution < 1.29 is 19.0 Å². The lowest BCUT2D eigenvalue weighted by atomic mass is 10.0. The van der Waals surface area contributed by atoms with Crippen molar-refractivity contribution in [2.24, 2.45) is 0 Å². The second-order valence-corrected chi connectivity index (χ2v) is 4.05. The van der Waals surface area contributed by atoms with Gasteiger partial charge in [-0.05, 0) is 36.2 Å². The number of benzene rings is 1. The molecule has 0 bridgehead atoms. The van der Waals surface area contributed by atoms with Gasteiger partial charge in [-0.2, -0.15) is 0 Å². The Kier molecular flexibility index (Phi) is 3.46. The number of aromatic carboxylic acids is 1. The number of rotatable bonds is 3. The van der Waals surface area contributed by atoms with Gasteiger partial charge in [0.05, 0.1) is 7.11 Å². The first-order valence-corrected chi connectivity index (χ1v) is 5.56. The Hall–Kier alpha value is -2.43. The second kappa shape index (κ2) is 5.06. The normalized spacial score (nSPS) is 10.3. The number of methoxy groups -OCH3 is 1. The number of hydrogen-bond acceptors (Lipinski definition) is 3. The Bertz CT molecular complexity index is 641. The molecule has 0 aliphatic carbocycles. The van der Waals surface area contributed by atoms with E-state index in [0.717, 1.165) is 5.56 Å². The van der Waals surface area contributed by atoms with Crippen molar-refractivity contribution >= 4 is 5.97 Å². The summed E-state index contributed by atoms with van der Waals surface area (Å²) in [5.41, 5.74) is 1.93. The van der Waals surface area contributed by atoms with Crippen LogP contribution in [0.1, 0.15) is 15.9 Å². The zero-order valence-electron chi connectivity index (χ0n) is 10.5. The molecular weight excluding hydrogens is 249 g/mol. The molecule has 2 rings (SSSR count). The highest BCUT2D eigenvalue weighted by Gasteiger charge is 2.15. The van der Waals surface area contributed by atoms with E-state index in [2.05, 4.69) is 4.98 Å². The molecule has 0 aliphatic rings. The van der Waals surface area contributed by atoms with Gasteiger partial charge in [0.2, 0.25) is 5.88 Å². The monoisotopic (exact) mass is 261 g/mol. The van der Waals surface area contributed by atoms with E-state index in [-0.39, 0.29) is 17.3 Å². The molecule has 2 aromatic rings. The lowest BCUT2D eigenvalue weighted by Crippen LogP contribution is -2.03. The van der Waals surface area contributed by atoms with E-state index in [1.165, 1.54) is 31.5 Å². The van der Waals surface area contributed by atoms with Gasteiger partial charge in [-0.25, -0.2) is 14.2 Å². The van der Waals surface area contributed by atoms with Gasteiger partial charge < -0.3 is 9.84 Å². The Morgan fingerprint density at radius 3 is 2.74 bits per heavy atom. The zero-order chi connectivity index (χ0) is 14.0. The smallest absolute Gasteiger partial charge is 0.341 e. The van der Waals surface area contributed by atoms with Crippen LogP contribution in [-0.2, 0) is 0 Å². The van der Waals surface area contributed by atoms with Crippen LogP contribution in [-0.4, -0.2) is 23.2 Å². The first-order valence-electron chi connectivity index (χ1n) is 5.56. The maximum absolute atomic E-state index is 13.3. The molecule has 1 aromatic carbocycles. The fraction of sp³-hybridized carbons (Fsp3) is 0.143. The van der Waals surface area contributed by atoms with Crippen LogP contribution in [0.2, 0.25) is 0 Å². The third-order valence-electron chi connectivity index (χ3n) is 2.79. The Morgan fingerprint density at radius 2 is 2.11 bits per heavy atom. The summed E-state index contributed by atoms with van der Waals surface area (Å²) in [6.45, 7) is 1.82. The number of carboxylic acids is 1. The largest absolute Gasteiger partial charge is 0.480 e. The summed E-state index contributed by atoms with van der Waals surface area (Å²) in [4.78, 5) is 15.1. The SMILES string of the molecule is COc1ncc(-c2cc(F)ccc2C)cc1C(=O)O. The van der Waals surface area contributed by atoms with Crippen molar-refractivity contribution in [3.05, 3.63) is 47.4 Å². The fourth-order valence-electron chi connectivity index (χ4n) is 1.82. The predicted octanol–water partition coefficient (Wildman–Crippen LogP) is 2.90. The van der Waals surface area contributed by atoms with Crippen LogP contribution >= 0.6 is 0 Å². The standard InChI is InChI=1S/C14H12FNO3/c1-8-3-4-10(15)6-11(8)9-5-12(14(17)18)13(19-2)16-7-9/h3-7H,1-2H3,(H,17,18). The molecule has 1 N–H and O–H groups in total. The highest BCUT2D eigenvalue weighted by molar-refractivity contribution is 5.92. The highest BCUT2D eigenvalue weighted by atomic mass is 19.1. The quantitative estimate of drug-likeness (QED) is 0.922. The van der Waals surface area contributed by atoms with E-state index >= 15 is 0 Å². The number of nitrogens with zero attached hydrogens (tertiary/aromatic N) is 1.